The van der Waals surface area contributed by atoms with Gasteiger partial charge >= 0.3 is 0 Å². The molecule has 3 nitrogen and oxygen atoms in total. The van der Waals surface area contributed by atoms with Crippen molar-refractivity contribution in [1.82, 2.24) is 10.3 Å². The summed E-state index contributed by atoms with van der Waals surface area (Å²) in [6, 6.07) is 14.3. The van der Waals surface area contributed by atoms with E-state index in [9.17, 15) is 4.79 Å². The van der Waals surface area contributed by atoms with Crippen LogP contribution in [0.1, 0.15) is 37.8 Å². The Morgan fingerprint density at radius 2 is 1.86 bits per heavy atom. The maximum Gasteiger partial charge on any atom is 0.225 e. The second-order valence-electron chi connectivity index (χ2n) is 6.63. The molecule has 0 saturated carbocycles. The van der Waals surface area contributed by atoms with Gasteiger partial charge in [-0.15, -0.1) is 0 Å². The van der Waals surface area contributed by atoms with Crippen molar-refractivity contribution in [3.8, 4) is 0 Å². The molecule has 0 aliphatic heterocycles. The molecule has 0 fully saturated rings. The number of amides is 1. The number of aromatic nitrogens is 1. The van der Waals surface area contributed by atoms with Crippen molar-refractivity contribution in [3.63, 3.8) is 0 Å². The lowest BCUT2D eigenvalue weighted by molar-refractivity contribution is -0.128. The van der Waals surface area contributed by atoms with Crippen LogP contribution in [-0.2, 0) is 11.2 Å². The molecule has 0 bridgehead atoms. The number of hydrogen-bond acceptors (Lipinski definition) is 2. The van der Waals surface area contributed by atoms with Crippen LogP contribution >= 0.6 is 0 Å². The normalized spacial score (nSPS) is 12.7. The van der Waals surface area contributed by atoms with Crippen LogP contribution in [0.5, 0.6) is 0 Å². The fourth-order valence-electron chi connectivity index (χ4n) is 2.32. The SMILES string of the molecule is CC(C)(C)C(=O)NCC(Cc1cccnc1)c1ccccc1. The molecule has 0 spiro atoms. The van der Waals surface area contributed by atoms with E-state index >= 15 is 0 Å². The number of pyridine rings is 1. The first-order valence-corrected chi connectivity index (χ1v) is 7.69. The molecule has 1 atom stereocenters. The summed E-state index contributed by atoms with van der Waals surface area (Å²) < 4.78 is 0. The number of rotatable bonds is 5. The van der Waals surface area contributed by atoms with Gasteiger partial charge in [-0.3, -0.25) is 9.78 Å². The van der Waals surface area contributed by atoms with Crippen molar-refractivity contribution in [2.75, 3.05) is 6.54 Å². The smallest absolute Gasteiger partial charge is 0.225 e. The first-order chi connectivity index (χ1) is 10.5. The lowest BCUT2D eigenvalue weighted by atomic mass is 9.91. The summed E-state index contributed by atoms with van der Waals surface area (Å²) in [5.74, 6) is 0.330. The van der Waals surface area contributed by atoms with E-state index in [0.717, 1.165) is 6.42 Å². The highest BCUT2D eigenvalue weighted by Gasteiger charge is 2.22. The fraction of sp³-hybridized carbons (Fsp3) is 0.368. The average Bonchev–Trinajstić information content (AvgIpc) is 2.52. The van der Waals surface area contributed by atoms with Gasteiger partial charge in [0.05, 0.1) is 0 Å². The number of carbonyl (C=O) groups is 1. The van der Waals surface area contributed by atoms with Gasteiger partial charge in [0, 0.05) is 30.3 Å². The zero-order chi connectivity index (χ0) is 16.0. The Labute approximate surface area is 132 Å². The van der Waals surface area contributed by atoms with E-state index in [0.29, 0.717) is 6.54 Å². The van der Waals surface area contributed by atoms with Crippen LogP contribution in [-0.4, -0.2) is 17.4 Å². The van der Waals surface area contributed by atoms with Gasteiger partial charge in [0.1, 0.15) is 0 Å². The standard InChI is InChI=1S/C19H24N2O/c1-19(2,3)18(22)21-14-17(16-9-5-4-6-10-16)12-15-8-7-11-20-13-15/h4-11,13,17H,12,14H2,1-3H3,(H,21,22). The van der Waals surface area contributed by atoms with Crippen LogP contribution in [0.25, 0.3) is 0 Å². The number of benzene rings is 1. The Morgan fingerprint density at radius 3 is 2.45 bits per heavy atom. The van der Waals surface area contributed by atoms with E-state index in [-0.39, 0.29) is 17.2 Å². The van der Waals surface area contributed by atoms with Gasteiger partial charge < -0.3 is 5.32 Å². The first-order valence-electron chi connectivity index (χ1n) is 7.69. The van der Waals surface area contributed by atoms with Crippen molar-refractivity contribution in [3.05, 3.63) is 66.0 Å². The number of hydrogen-bond donors (Lipinski definition) is 1. The van der Waals surface area contributed by atoms with E-state index in [1.807, 2.05) is 51.2 Å². The van der Waals surface area contributed by atoms with Crippen molar-refractivity contribution in [2.24, 2.45) is 5.41 Å². The average molecular weight is 296 g/mol. The van der Waals surface area contributed by atoms with E-state index < -0.39 is 0 Å². The van der Waals surface area contributed by atoms with Gasteiger partial charge in [-0.1, -0.05) is 57.2 Å². The van der Waals surface area contributed by atoms with Gasteiger partial charge in [-0.25, -0.2) is 0 Å². The Kier molecular flexibility index (Phi) is 5.31. The second-order valence-corrected chi connectivity index (χ2v) is 6.63. The topological polar surface area (TPSA) is 42.0 Å². The van der Waals surface area contributed by atoms with Gasteiger partial charge in [-0.05, 0) is 23.6 Å². The van der Waals surface area contributed by atoms with E-state index in [1.54, 1.807) is 6.20 Å². The van der Waals surface area contributed by atoms with Crippen LogP contribution in [0.2, 0.25) is 0 Å². The zero-order valence-electron chi connectivity index (χ0n) is 13.5. The molecule has 1 N–H and O–H groups in total. The molecular formula is C19H24N2O. The summed E-state index contributed by atoms with van der Waals surface area (Å²) >= 11 is 0. The van der Waals surface area contributed by atoms with Gasteiger partial charge in [-0.2, -0.15) is 0 Å². The number of nitrogens with zero attached hydrogens (tertiary/aromatic N) is 1. The fourth-order valence-corrected chi connectivity index (χ4v) is 2.32. The molecule has 2 rings (SSSR count). The minimum atomic E-state index is -0.366. The number of nitrogens with one attached hydrogen (secondary N) is 1. The summed E-state index contributed by atoms with van der Waals surface area (Å²) in [6.07, 6.45) is 4.53. The third kappa shape index (κ3) is 4.69. The maximum atomic E-state index is 12.1. The van der Waals surface area contributed by atoms with Crippen molar-refractivity contribution < 1.29 is 4.79 Å². The molecule has 2 aromatic rings. The Morgan fingerprint density at radius 1 is 1.14 bits per heavy atom. The molecule has 22 heavy (non-hydrogen) atoms. The second kappa shape index (κ2) is 7.21. The molecule has 0 aliphatic carbocycles. The summed E-state index contributed by atoms with van der Waals surface area (Å²) in [6.45, 7) is 6.43. The van der Waals surface area contributed by atoms with Crippen LogP contribution in [0, 0.1) is 5.41 Å². The van der Waals surface area contributed by atoms with E-state index in [2.05, 4.69) is 28.5 Å². The van der Waals surface area contributed by atoms with Crippen LogP contribution in [0.3, 0.4) is 0 Å². The summed E-state index contributed by atoms with van der Waals surface area (Å²) in [5.41, 5.74) is 2.05. The Balaban J connectivity index is 2.11. The summed E-state index contributed by atoms with van der Waals surface area (Å²) in [7, 11) is 0. The summed E-state index contributed by atoms with van der Waals surface area (Å²) in [5, 5.41) is 3.08. The van der Waals surface area contributed by atoms with Crippen molar-refractivity contribution in [1.29, 1.82) is 0 Å². The molecule has 1 amide bonds. The van der Waals surface area contributed by atoms with Gasteiger partial charge in [0.2, 0.25) is 5.91 Å². The van der Waals surface area contributed by atoms with Crippen molar-refractivity contribution >= 4 is 5.91 Å². The molecule has 0 radical (unpaired) electrons. The van der Waals surface area contributed by atoms with E-state index in [1.165, 1.54) is 11.1 Å². The number of carbonyl (C=O) groups excluding carboxylic acids is 1. The maximum absolute atomic E-state index is 12.1. The highest BCUT2D eigenvalue weighted by molar-refractivity contribution is 5.81. The monoisotopic (exact) mass is 296 g/mol. The molecule has 1 aromatic carbocycles. The molecule has 0 saturated heterocycles. The van der Waals surface area contributed by atoms with Crippen LogP contribution in [0.15, 0.2) is 54.9 Å². The largest absolute Gasteiger partial charge is 0.355 e. The molecule has 0 aliphatic rings. The van der Waals surface area contributed by atoms with Crippen molar-refractivity contribution in [2.45, 2.75) is 33.1 Å². The zero-order valence-corrected chi connectivity index (χ0v) is 13.5. The van der Waals surface area contributed by atoms with Crippen LogP contribution < -0.4 is 5.32 Å². The minimum Gasteiger partial charge on any atom is -0.355 e. The highest BCUT2D eigenvalue weighted by Crippen LogP contribution is 2.21. The molecular weight excluding hydrogens is 272 g/mol. The first kappa shape index (κ1) is 16.2. The van der Waals surface area contributed by atoms with Gasteiger partial charge in [0.15, 0.2) is 0 Å². The quantitative estimate of drug-likeness (QED) is 0.916. The summed E-state index contributed by atoms with van der Waals surface area (Å²) in [4.78, 5) is 16.3. The Hall–Kier alpha value is -2.16. The predicted molar refractivity (Wildman–Crippen MR) is 89.6 cm³/mol. The minimum absolute atomic E-state index is 0.0830. The molecule has 1 aromatic heterocycles. The molecule has 1 unspecified atom stereocenters. The lowest BCUT2D eigenvalue weighted by Gasteiger charge is -2.22. The third-order valence-electron chi connectivity index (χ3n) is 3.67. The molecule has 116 valence electrons. The third-order valence-corrected chi connectivity index (χ3v) is 3.67. The molecule has 3 heteroatoms. The Bertz CT molecular complexity index is 588. The van der Waals surface area contributed by atoms with Crippen LogP contribution in [0.4, 0.5) is 0 Å². The lowest BCUT2D eigenvalue weighted by Crippen LogP contribution is -2.37. The molecule has 1 heterocycles. The van der Waals surface area contributed by atoms with E-state index in [4.69, 9.17) is 0 Å². The highest BCUT2D eigenvalue weighted by atomic mass is 16.2. The predicted octanol–water partition coefficient (Wildman–Crippen LogP) is 3.57. The van der Waals surface area contributed by atoms with Gasteiger partial charge in [0.25, 0.3) is 0 Å².